The van der Waals surface area contributed by atoms with Crippen molar-refractivity contribution in [3.63, 3.8) is 0 Å². The summed E-state index contributed by atoms with van der Waals surface area (Å²) in [7, 11) is 2.97. The smallest absolute Gasteiger partial charge is 0.267 e. The van der Waals surface area contributed by atoms with E-state index in [1.807, 2.05) is 6.07 Å². The maximum Gasteiger partial charge on any atom is 0.267 e. The van der Waals surface area contributed by atoms with Gasteiger partial charge in [-0.2, -0.15) is 5.26 Å². The van der Waals surface area contributed by atoms with Crippen molar-refractivity contribution in [2.45, 2.75) is 0 Å². The Bertz CT molecular complexity index is 876. The van der Waals surface area contributed by atoms with Gasteiger partial charge in [-0.25, -0.2) is 0 Å². The number of carbonyl (C=O) groups is 1. The van der Waals surface area contributed by atoms with Gasteiger partial charge < -0.3 is 20.1 Å². The number of benzene rings is 2. The minimum absolute atomic E-state index is 0.108. The van der Waals surface area contributed by atoms with Crippen molar-refractivity contribution in [1.29, 1.82) is 5.26 Å². The van der Waals surface area contributed by atoms with Crippen LogP contribution >= 0.6 is 27.5 Å². The van der Waals surface area contributed by atoms with Gasteiger partial charge in [0.15, 0.2) is 0 Å². The third-order valence-corrected chi connectivity index (χ3v) is 4.14. The Morgan fingerprint density at radius 1 is 1.19 bits per heavy atom. The van der Waals surface area contributed by atoms with Crippen LogP contribution in [-0.2, 0) is 4.79 Å². The largest absolute Gasteiger partial charge is 0.495 e. The summed E-state index contributed by atoms with van der Waals surface area (Å²) in [5, 5.41) is 15.2. The van der Waals surface area contributed by atoms with Gasteiger partial charge in [-0.05, 0) is 24.3 Å². The number of methoxy groups -OCH3 is 2. The number of carbonyl (C=O) groups excluding carboxylic acids is 1. The lowest BCUT2D eigenvalue weighted by molar-refractivity contribution is -0.112. The molecule has 0 fully saturated rings. The highest BCUT2D eigenvalue weighted by molar-refractivity contribution is 9.10. The van der Waals surface area contributed by atoms with Gasteiger partial charge in [0.25, 0.3) is 5.91 Å². The molecule has 26 heavy (non-hydrogen) atoms. The van der Waals surface area contributed by atoms with Crippen LogP contribution in [0.1, 0.15) is 0 Å². The van der Waals surface area contributed by atoms with Crippen molar-refractivity contribution in [1.82, 2.24) is 0 Å². The maximum atomic E-state index is 12.3. The highest BCUT2D eigenvalue weighted by atomic mass is 79.9. The zero-order valence-corrected chi connectivity index (χ0v) is 16.3. The molecule has 6 nitrogen and oxygen atoms in total. The first-order chi connectivity index (χ1) is 12.5. The number of halogens is 2. The zero-order valence-electron chi connectivity index (χ0n) is 14.0. The second-order valence-corrected chi connectivity index (χ2v) is 6.29. The summed E-state index contributed by atoms with van der Waals surface area (Å²) in [6, 6.07) is 12.1. The predicted molar refractivity (Wildman–Crippen MR) is 105 cm³/mol. The van der Waals surface area contributed by atoms with Crippen molar-refractivity contribution in [3.8, 4) is 17.6 Å². The molecule has 0 bridgehead atoms. The molecule has 0 aliphatic carbocycles. The fourth-order valence-corrected chi connectivity index (χ4v) is 2.50. The first kappa shape index (κ1) is 19.6. The Morgan fingerprint density at radius 3 is 2.42 bits per heavy atom. The average molecular weight is 437 g/mol. The second kappa shape index (κ2) is 9.13. The van der Waals surface area contributed by atoms with Gasteiger partial charge in [0.05, 0.1) is 24.9 Å². The van der Waals surface area contributed by atoms with Crippen LogP contribution in [-0.4, -0.2) is 20.1 Å². The minimum atomic E-state index is -0.540. The molecule has 2 aromatic carbocycles. The van der Waals surface area contributed by atoms with E-state index in [1.54, 1.807) is 36.4 Å². The number of hydrogen-bond donors (Lipinski definition) is 2. The van der Waals surface area contributed by atoms with Gasteiger partial charge in [-0.3, -0.25) is 4.79 Å². The van der Waals surface area contributed by atoms with Crippen molar-refractivity contribution in [2.75, 3.05) is 24.9 Å². The first-order valence-corrected chi connectivity index (χ1v) is 8.50. The van der Waals surface area contributed by atoms with Crippen LogP contribution < -0.4 is 20.1 Å². The molecular formula is C18H15BrClN3O3. The summed E-state index contributed by atoms with van der Waals surface area (Å²) >= 11 is 9.37. The summed E-state index contributed by atoms with van der Waals surface area (Å²) in [4.78, 5) is 12.3. The lowest BCUT2D eigenvalue weighted by atomic mass is 10.2. The Labute approximate surface area is 164 Å². The molecule has 134 valence electrons. The third kappa shape index (κ3) is 4.91. The molecule has 0 saturated carbocycles. The normalized spacial score (nSPS) is 10.7. The molecule has 2 N–H and O–H groups in total. The molecule has 2 rings (SSSR count). The Balaban J connectivity index is 2.20. The molecule has 0 aliphatic rings. The molecule has 0 heterocycles. The summed E-state index contributed by atoms with van der Waals surface area (Å²) < 4.78 is 11.3. The van der Waals surface area contributed by atoms with Gasteiger partial charge in [0.1, 0.15) is 23.1 Å². The van der Waals surface area contributed by atoms with Crippen LogP contribution in [0.15, 0.2) is 52.6 Å². The molecule has 0 unspecified atom stereocenters. The lowest BCUT2D eigenvalue weighted by Crippen LogP contribution is -2.14. The number of amides is 1. The van der Waals surface area contributed by atoms with Crippen LogP contribution in [0.4, 0.5) is 11.4 Å². The van der Waals surface area contributed by atoms with Gasteiger partial charge in [0.2, 0.25) is 0 Å². The molecule has 2 aromatic rings. The molecule has 0 aliphatic heterocycles. The molecular weight excluding hydrogens is 422 g/mol. The van der Waals surface area contributed by atoms with Crippen LogP contribution in [0.3, 0.4) is 0 Å². The van der Waals surface area contributed by atoms with Crippen molar-refractivity contribution in [3.05, 3.63) is 57.7 Å². The van der Waals surface area contributed by atoms with Gasteiger partial charge in [0, 0.05) is 28.5 Å². The maximum absolute atomic E-state index is 12.3. The minimum Gasteiger partial charge on any atom is -0.495 e. The van der Waals surface area contributed by atoms with E-state index in [9.17, 15) is 10.1 Å². The number of nitriles is 1. The van der Waals surface area contributed by atoms with Gasteiger partial charge >= 0.3 is 0 Å². The van der Waals surface area contributed by atoms with Crippen LogP contribution in [0, 0.1) is 11.3 Å². The quantitative estimate of drug-likeness (QED) is 0.511. The average Bonchev–Trinajstić information content (AvgIpc) is 2.64. The number of ether oxygens (including phenoxy) is 2. The number of nitrogens with one attached hydrogen (secondary N) is 2. The SMILES string of the molecule is COc1cc(N/C=C(/C#N)C(=O)Nc2ccc(Br)cc2)c(OC)cc1Cl. The Kier molecular flexibility index (Phi) is 6.89. The number of nitrogens with zero attached hydrogens (tertiary/aromatic N) is 1. The summed E-state index contributed by atoms with van der Waals surface area (Å²) in [6.45, 7) is 0. The van der Waals surface area contributed by atoms with Crippen molar-refractivity contribution in [2.24, 2.45) is 0 Å². The lowest BCUT2D eigenvalue weighted by Gasteiger charge is -2.12. The van der Waals surface area contributed by atoms with Crippen LogP contribution in [0.5, 0.6) is 11.5 Å². The highest BCUT2D eigenvalue weighted by Gasteiger charge is 2.12. The molecule has 8 heteroatoms. The van der Waals surface area contributed by atoms with Gasteiger partial charge in [-0.15, -0.1) is 0 Å². The summed E-state index contributed by atoms with van der Waals surface area (Å²) in [6.07, 6.45) is 1.29. The molecule has 0 radical (unpaired) electrons. The predicted octanol–water partition coefficient (Wildman–Crippen LogP) is 4.58. The van der Waals surface area contributed by atoms with E-state index in [-0.39, 0.29) is 5.57 Å². The molecule has 1 amide bonds. The highest BCUT2D eigenvalue weighted by Crippen LogP contribution is 2.35. The van der Waals surface area contributed by atoms with E-state index in [2.05, 4.69) is 26.6 Å². The standard InChI is InChI=1S/C18H15BrClN3O3/c1-25-16-8-15(17(26-2)7-14(16)20)22-10-11(9-21)18(24)23-13-5-3-12(19)4-6-13/h3-8,10,22H,1-2H3,(H,23,24)/b11-10-. The molecule has 0 atom stereocenters. The van der Waals surface area contributed by atoms with Gasteiger partial charge in [-0.1, -0.05) is 27.5 Å². The van der Waals surface area contributed by atoms with E-state index in [4.69, 9.17) is 21.1 Å². The van der Waals surface area contributed by atoms with Crippen LogP contribution in [0.25, 0.3) is 0 Å². The van der Waals surface area contributed by atoms with Crippen molar-refractivity contribution < 1.29 is 14.3 Å². The first-order valence-electron chi connectivity index (χ1n) is 7.33. The van der Waals surface area contributed by atoms with E-state index >= 15 is 0 Å². The topological polar surface area (TPSA) is 83.4 Å². The Hall–Kier alpha value is -2.69. The van der Waals surface area contributed by atoms with E-state index < -0.39 is 5.91 Å². The number of rotatable bonds is 6. The fraction of sp³-hybridized carbons (Fsp3) is 0.111. The van der Waals surface area contributed by atoms with E-state index in [1.165, 1.54) is 20.4 Å². The van der Waals surface area contributed by atoms with Crippen molar-refractivity contribution >= 4 is 44.8 Å². The number of anilines is 2. The summed E-state index contributed by atoms with van der Waals surface area (Å²) in [5.41, 5.74) is 0.965. The molecule has 0 aromatic heterocycles. The van der Waals surface area contributed by atoms with Crippen LogP contribution in [0.2, 0.25) is 5.02 Å². The fourth-order valence-electron chi connectivity index (χ4n) is 2.00. The number of hydrogen-bond acceptors (Lipinski definition) is 5. The third-order valence-electron chi connectivity index (χ3n) is 3.31. The molecule has 0 saturated heterocycles. The molecule has 0 spiro atoms. The van der Waals surface area contributed by atoms with E-state index in [0.29, 0.717) is 27.9 Å². The van der Waals surface area contributed by atoms with E-state index in [0.717, 1.165) is 4.47 Å². The second-order valence-electron chi connectivity index (χ2n) is 4.96. The summed E-state index contributed by atoms with van der Waals surface area (Å²) in [5.74, 6) is 0.334. The monoisotopic (exact) mass is 435 g/mol. The zero-order chi connectivity index (χ0) is 19.1. The Morgan fingerprint density at radius 2 is 1.85 bits per heavy atom.